The van der Waals surface area contributed by atoms with Crippen molar-refractivity contribution in [2.24, 2.45) is 5.41 Å². The normalized spacial score (nSPS) is 18.5. The molecule has 0 fully saturated rings. The third-order valence-corrected chi connectivity index (χ3v) is 6.62. The van der Waals surface area contributed by atoms with E-state index in [0.717, 1.165) is 6.42 Å². The first-order chi connectivity index (χ1) is 17.0. The summed E-state index contributed by atoms with van der Waals surface area (Å²) < 4.78 is 39.9. The molecule has 11 nitrogen and oxygen atoms in total. The van der Waals surface area contributed by atoms with Crippen LogP contribution in [-0.2, 0) is 32.6 Å². The monoisotopic (exact) mass is 548 g/mol. The van der Waals surface area contributed by atoms with Gasteiger partial charge in [0.2, 0.25) is 13.1 Å². The second kappa shape index (κ2) is 14.9. The molecule has 214 valence electrons. The van der Waals surface area contributed by atoms with E-state index in [-0.39, 0.29) is 42.3 Å². The molecule has 1 aliphatic heterocycles. The molecule has 0 aromatic rings. The zero-order valence-corrected chi connectivity index (χ0v) is 24.3. The summed E-state index contributed by atoms with van der Waals surface area (Å²) in [5, 5.41) is 12.4. The number of nitrogens with one attached hydrogen (secondary N) is 1. The molecule has 0 saturated heterocycles. The van der Waals surface area contributed by atoms with Gasteiger partial charge in [0.05, 0.1) is 24.5 Å². The fourth-order valence-corrected chi connectivity index (χ4v) is 5.02. The number of aliphatic hydroxyl groups excluding tert-OH is 1. The Morgan fingerprint density at radius 1 is 1.19 bits per heavy atom. The Morgan fingerprint density at radius 3 is 2.49 bits per heavy atom. The summed E-state index contributed by atoms with van der Waals surface area (Å²) in [4.78, 5) is 24.7. The first-order valence-corrected chi connectivity index (χ1v) is 14.2. The van der Waals surface area contributed by atoms with Crippen molar-refractivity contribution in [3.63, 3.8) is 0 Å². The molecule has 0 spiro atoms. The van der Waals surface area contributed by atoms with Crippen LogP contribution < -0.4 is 5.32 Å². The lowest BCUT2D eigenvalue weighted by Gasteiger charge is -2.32. The molecule has 0 aromatic heterocycles. The standard InChI is InChI=1S/C25H45N2O9P/c1-19(2)36-23(30)32-18-35-37(31,34-14-11-13-33-25(7,8)17-24(4,5)6)15-10-9-12-27-16-20(3)21(28)26-22(27)29/h9-10,16,19,22,29H,11-15,17-18H2,1-8H3,(H,26,28)/b10-9+. The molecule has 1 heterocycles. The second-order valence-electron chi connectivity index (χ2n) is 11.0. The van der Waals surface area contributed by atoms with Crippen LogP contribution in [0.5, 0.6) is 0 Å². The molecule has 37 heavy (non-hydrogen) atoms. The number of rotatable bonds is 15. The maximum absolute atomic E-state index is 13.3. The van der Waals surface area contributed by atoms with Crippen LogP contribution in [0.4, 0.5) is 4.79 Å². The van der Waals surface area contributed by atoms with Gasteiger partial charge in [0, 0.05) is 24.9 Å². The van der Waals surface area contributed by atoms with Gasteiger partial charge < -0.3 is 34.1 Å². The molecule has 2 unspecified atom stereocenters. The Hall–Kier alpha value is -1.91. The molecule has 0 saturated carbocycles. The molecular formula is C25H45N2O9P. The van der Waals surface area contributed by atoms with Crippen molar-refractivity contribution >= 4 is 19.7 Å². The van der Waals surface area contributed by atoms with Crippen LogP contribution in [0, 0.1) is 5.41 Å². The fraction of sp³-hybridized carbons (Fsp3) is 0.760. The molecule has 0 aromatic carbocycles. The summed E-state index contributed by atoms with van der Waals surface area (Å²) in [7, 11) is -3.67. The first-order valence-electron chi connectivity index (χ1n) is 12.5. The Kier molecular flexibility index (Phi) is 13.3. The summed E-state index contributed by atoms with van der Waals surface area (Å²) in [6, 6.07) is 0. The second-order valence-corrected chi connectivity index (χ2v) is 13.1. The molecule has 1 rings (SSSR count). The van der Waals surface area contributed by atoms with Gasteiger partial charge in [0.1, 0.15) is 0 Å². The molecule has 0 radical (unpaired) electrons. The fourth-order valence-electron chi connectivity index (χ4n) is 3.71. The van der Waals surface area contributed by atoms with Crippen LogP contribution in [0.25, 0.3) is 0 Å². The molecule has 2 atom stereocenters. The zero-order chi connectivity index (χ0) is 28.3. The minimum atomic E-state index is -3.67. The topological polar surface area (TPSA) is 133 Å². The van der Waals surface area contributed by atoms with Crippen molar-refractivity contribution in [3.8, 4) is 0 Å². The maximum Gasteiger partial charge on any atom is 0.510 e. The van der Waals surface area contributed by atoms with Crippen LogP contribution in [-0.4, -0.2) is 72.8 Å². The molecule has 1 aliphatic rings. The van der Waals surface area contributed by atoms with Crippen molar-refractivity contribution in [2.45, 2.75) is 86.3 Å². The SMILES string of the molecule is CC1=CN(C/C=C/CP(=O)(OCCCOC(C)(C)CC(C)(C)C)OCOC(=O)OC(C)C)C(O)NC1=O. The number of aliphatic hydroxyl groups is 1. The van der Waals surface area contributed by atoms with Gasteiger partial charge in [-0.2, -0.15) is 0 Å². The summed E-state index contributed by atoms with van der Waals surface area (Å²) in [6.07, 6.45) is 3.59. The van der Waals surface area contributed by atoms with Crippen LogP contribution in [0.1, 0.15) is 68.2 Å². The van der Waals surface area contributed by atoms with Crippen LogP contribution >= 0.6 is 7.60 Å². The minimum absolute atomic E-state index is 0.0923. The van der Waals surface area contributed by atoms with E-state index in [1.807, 2.05) is 13.8 Å². The van der Waals surface area contributed by atoms with Crippen molar-refractivity contribution in [2.75, 3.05) is 32.7 Å². The van der Waals surface area contributed by atoms with E-state index in [1.165, 1.54) is 11.1 Å². The van der Waals surface area contributed by atoms with Gasteiger partial charge in [-0.15, -0.1) is 0 Å². The number of ether oxygens (including phenoxy) is 3. The van der Waals surface area contributed by atoms with E-state index in [0.29, 0.717) is 18.6 Å². The average Bonchev–Trinajstić information content (AvgIpc) is 2.72. The van der Waals surface area contributed by atoms with E-state index in [9.17, 15) is 19.3 Å². The van der Waals surface area contributed by atoms with Gasteiger partial charge in [0.15, 0.2) is 0 Å². The van der Waals surface area contributed by atoms with Gasteiger partial charge in [-0.25, -0.2) is 4.79 Å². The Labute approximate surface area is 221 Å². The smallest absolute Gasteiger partial charge is 0.432 e. The van der Waals surface area contributed by atoms with Gasteiger partial charge in [0.25, 0.3) is 5.91 Å². The molecule has 12 heteroatoms. The van der Waals surface area contributed by atoms with E-state index in [4.69, 9.17) is 23.3 Å². The number of nitrogens with zero attached hydrogens (tertiary/aromatic N) is 1. The van der Waals surface area contributed by atoms with Crippen molar-refractivity contribution in [3.05, 3.63) is 23.9 Å². The highest BCUT2D eigenvalue weighted by molar-refractivity contribution is 7.54. The molecule has 2 N–H and O–H groups in total. The first kappa shape index (κ1) is 33.1. The number of hydrogen-bond acceptors (Lipinski definition) is 10. The number of allylic oxidation sites excluding steroid dienone is 1. The lowest BCUT2D eigenvalue weighted by atomic mass is 9.84. The van der Waals surface area contributed by atoms with Crippen LogP contribution in [0.2, 0.25) is 0 Å². The lowest BCUT2D eigenvalue weighted by Crippen LogP contribution is -2.49. The highest BCUT2D eigenvalue weighted by Crippen LogP contribution is 2.48. The molecule has 0 bridgehead atoms. The lowest BCUT2D eigenvalue weighted by molar-refractivity contribution is -0.125. The number of hydrogen-bond donors (Lipinski definition) is 2. The van der Waals surface area contributed by atoms with E-state index in [1.54, 1.807) is 32.9 Å². The maximum atomic E-state index is 13.3. The minimum Gasteiger partial charge on any atom is -0.432 e. The summed E-state index contributed by atoms with van der Waals surface area (Å²) >= 11 is 0. The largest absolute Gasteiger partial charge is 0.510 e. The van der Waals surface area contributed by atoms with E-state index in [2.05, 4.69) is 26.1 Å². The van der Waals surface area contributed by atoms with Gasteiger partial charge in [-0.05, 0) is 52.9 Å². The number of amides is 1. The van der Waals surface area contributed by atoms with Gasteiger partial charge >= 0.3 is 13.8 Å². The Morgan fingerprint density at radius 2 is 1.86 bits per heavy atom. The Bertz CT molecular complexity index is 850. The van der Waals surface area contributed by atoms with Crippen LogP contribution in [0.15, 0.2) is 23.9 Å². The number of carbonyl (C=O) groups excluding carboxylic acids is 2. The van der Waals surface area contributed by atoms with Crippen molar-refractivity contribution < 1.29 is 42.5 Å². The van der Waals surface area contributed by atoms with Crippen LogP contribution in [0.3, 0.4) is 0 Å². The molecule has 0 aliphatic carbocycles. The quantitative estimate of drug-likeness (QED) is 0.0989. The predicted octanol–water partition coefficient (Wildman–Crippen LogP) is 4.52. The molecular weight excluding hydrogens is 503 g/mol. The summed E-state index contributed by atoms with van der Waals surface area (Å²) in [5.74, 6) is -0.346. The summed E-state index contributed by atoms with van der Waals surface area (Å²) in [5.41, 5.74) is 0.267. The highest BCUT2D eigenvalue weighted by Gasteiger charge is 2.27. The number of carbonyl (C=O) groups is 2. The van der Waals surface area contributed by atoms with E-state index >= 15 is 0 Å². The summed E-state index contributed by atoms with van der Waals surface area (Å²) in [6.45, 7) is 15.7. The van der Waals surface area contributed by atoms with Gasteiger partial charge in [-0.3, -0.25) is 13.9 Å². The van der Waals surface area contributed by atoms with Crippen molar-refractivity contribution in [1.82, 2.24) is 10.2 Å². The third kappa shape index (κ3) is 14.6. The Balaban J connectivity index is 2.65. The average molecular weight is 549 g/mol. The highest BCUT2D eigenvalue weighted by atomic mass is 31.2. The predicted molar refractivity (Wildman–Crippen MR) is 140 cm³/mol. The van der Waals surface area contributed by atoms with Crippen molar-refractivity contribution in [1.29, 1.82) is 0 Å². The molecule has 1 amide bonds. The van der Waals surface area contributed by atoms with Gasteiger partial charge in [-0.1, -0.05) is 32.9 Å². The third-order valence-electron chi connectivity index (χ3n) is 4.89. The van der Waals surface area contributed by atoms with E-state index < -0.39 is 26.9 Å². The zero-order valence-electron chi connectivity index (χ0n) is 23.4.